The molecule has 2 N–H and O–H groups in total. The predicted octanol–water partition coefficient (Wildman–Crippen LogP) is 3.52. The van der Waals surface area contributed by atoms with Crippen molar-refractivity contribution in [1.82, 2.24) is 9.97 Å². The minimum atomic E-state index is 0.559. The van der Waals surface area contributed by atoms with Crippen molar-refractivity contribution in [3.63, 3.8) is 0 Å². The van der Waals surface area contributed by atoms with E-state index in [0.29, 0.717) is 6.61 Å². The van der Waals surface area contributed by atoms with Crippen molar-refractivity contribution in [2.24, 2.45) is 0 Å². The van der Waals surface area contributed by atoms with E-state index in [4.69, 9.17) is 4.74 Å². The number of nitrogens with zero attached hydrogens (tertiary/aromatic N) is 2. The lowest BCUT2D eigenvalue weighted by Crippen LogP contribution is -2.04. The topological polar surface area (TPSA) is 59.1 Å². The lowest BCUT2D eigenvalue weighted by atomic mass is 10.2. The van der Waals surface area contributed by atoms with Crippen LogP contribution in [0.4, 0.5) is 17.3 Å². The first-order valence-electron chi connectivity index (χ1n) is 6.77. The molecule has 0 aliphatic rings. The van der Waals surface area contributed by atoms with Gasteiger partial charge in [0, 0.05) is 31.0 Å². The van der Waals surface area contributed by atoms with Crippen molar-refractivity contribution in [1.29, 1.82) is 0 Å². The van der Waals surface area contributed by atoms with Crippen LogP contribution in [0, 0.1) is 0 Å². The van der Waals surface area contributed by atoms with Crippen molar-refractivity contribution < 1.29 is 4.74 Å². The van der Waals surface area contributed by atoms with Crippen LogP contribution in [-0.2, 0) is 11.3 Å². The van der Waals surface area contributed by atoms with E-state index in [1.54, 1.807) is 7.11 Å². The third kappa shape index (κ3) is 4.34. The molecule has 0 aliphatic carbocycles. The number of ether oxygens (including phenoxy) is 1. The van der Waals surface area contributed by atoms with Gasteiger partial charge in [0.05, 0.1) is 6.61 Å². The Balaban J connectivity index is 2.28. The standard InChI is InChI=1S/C15H20N4OS/c1-4-16-13-9-14(19-15(18-13)21-3)17-12-8-6-5-7-11(12)10-20-2/h5-9H,4,10H2,1-3H3,(H2,16,17,18,19). The first-order chi connectivity index (χ1) is 10.3. The number of rotatable bonds is 7. The maximum absolute atomic E-state index is 5.22. The number of aromatic nitrogens is 2. The molecule has 0 saturated carbocycles. The molecule has 112 valence electrons. The fraction of sp³-hybridized carbons (Fsp3) is 0.333. The van der Waals surface area contributed by atoms with E-state index in [0.717, 1.165) is 34.6 Å². The zero-order valence-electron chi connectivity index (χ0n) is 12.5. The van der Waals surface area contributed by atoms with E-state index in [2.05, 4.69) is 20.6 Å². The van der Waals surface area contributed by atoms with Crippen molar-refractivity contribution in [2.75, 3.05) is 30.5 Å². The number of thioether (sulfide) groups is 1. The van der Waals surface area contributed by atoms with Gasteiger partial charge in [0.2, 0.25) is 0 Å². The van der Waals surface area contributed by atoms with Crippen LogP contribution in [0.15, 0.2) is 35.5 Å². The first kappa shape index (κ1) is 15.6. The molecule has 1 aromatic heterocycles. The Labute approximate surface area is 129 Å². The summed E-state index contributed by atoms with van der Waals surface area (Å²) in [7, 11) is 1.69. The largest absolute Gasteiger partial charge is 0.380 e. The van der Waals surface area contributed by atoms with Crippen LogP contribution in [0.1, 0.15) is 12.5 Å². The van der Waals surface area contributed by atoms with E-state index >= 15 is 0 Å². The van der Waals surface area contributed by atoms with Gasteiger partial charge in [-0.3, -0.25) is 0 Å². The number of hydrogen-bond acceptors (Lipinski definition) is 6. The van der Waals surface area contributed by atoms with E-state index in [-0.39, 0.29) is 0 Å². The zero-order chi connectivity index (χ0) is 15.1. The fourth-order valence-corrected chi connectivity index (χ4v) is 2.29. The van der Waals surface area contributed by atoms with Gasteiger partial charge in [0.25, 0.3) is 0 Å². The zero-order valence-corrected chi connectivity index (χ0v) is 13.3. The molecular weight excluding hydrogens is 284 g/mol. The lowest BCUT2D eigenvalue weighted by molar-refractivity contribution is 0.185. The van der Waals surface area contributed by atoms with Crippen molar-refractivity contribution in [3.8, 4) is 0 Å². The van der Waals surface area contributed by atoms with Crippen LogP contribution in [0.2, 0.25) is 0 Å². The van der Waals surface area contributed by atoms with Gasteiger partial charge in [-0.2, -0.15) is 0 Å². The number of para-hydroxylation sites is 1. The minimum absolute atomic E-state index is 0.559. The first-order valence-corrected chi connectivity index (χ1v) is 8.00. The molecule has 0 atom stereocenters. The van der Waals surface area contributed by atoms with E-state index in [1.807, 2.05) is 43.5 Å². The second-order valence-electron chi connectivity index (χ2n) is 4.37. The molecule has 6 heteroatoms. The number of hydrogen-bond donors (Lipinski definition) is 2. The number of anilines is 3. The molecule has 1 aromatic carbocycles. The summed E-state index contributed by atoms with van der Waals surface area (Å²) < 4.78 is 5.22. The molecule has 2 aromatic rings. The van der Waals surface area contributed by atoms with Gasteiger partial charge in [0.15, 0.2) is 5.16 Å². The molecule has 0 unspecified atom stereocenters. The third-order valence-corrected chi connectivity index (χ3v) is 3.37. The van der Waals surface area contributed by atoms with Gasteiger partial charge in [-0.15, -0.1) is 0 Å². The van der Waals surface area contributed by atoms with Gasteiger partial charge in [-0.05, 0) is 19.2 Å². The summed E-state index contributed by atoms with van der Waals surface area (Å²) in [6.45, 7) is 3.43. The molecule has 0 bridgehead atoms. The highest BCUT2D eigenvalue weighted by atomic mass is 32.2. The summed E-state index contributed by atoms with van der Waals surface area (Å²) in [5.41, 5.74) is 2.09. The van der Waals surface area contributed by atoms with Gasteiger partial charge < -0.3 is 15.4 Å². The third-order valence-electron chi connectivity index (χ3n) is 2.83. The van der Waals surface area contributed by atoms with Crippen LogP contribution in [0.3, 0.4) is 0 Å². The van der Waals surface area contributed by atoms with Crippen molar-refractivity contribution in [3.05, 3.63) is 35.9 Å². The monoisotopic (exact) mass is 304 g/mol. The Kier molecular flexibility index (Phi) is 5.83. The highest BCUT2D eigenvalue weighted by Gasteiger charge is 2.06. The van der Waals surface area contributed by atoms with Crippen molar-refractivity contribution >= 4 is 29.1 Å². The van der Waals surface area contributed by atoms with Crippen LogP contribution in [0.25, 0.3) is 0 Å². The number of benzene rings is 1. The smallest absolute Gasteiger partial charge is 0.191 e. The molecule has 1 heterocycles. The average Bonchev–Trinajstić information content (AvgIpc) is 2.49. The van der Waals surface area contributed by atoms with Crippen molar-refractivity contribution in [2.45, 2.75) is 18.7 Å². The number of methoxy groups -OCH3 is 1. The Morgan fingerprint density at radius 1 is 1.19 bits per heavy atom. The molecule has 0 amide bonds. The molecule has 0 radical (unpaired) electrons. The van der Waals surface area contributed by atoms with Gasteiger partial charge in [-0.1, -0.05) is 30.0 Å². The number of nitrogens with one attached hydrogen (secondary N) is 2. The minimum Gasteiger partial charge on any atom is -0.380 e. The molecule has 21 heavy (non-hydrogen) atoms. The van der Waals surface area contributed by atoms with E-state index in [9.17, 15) is 0 Å². The molecule has 5 nitrogen and oxygen atoms in total. The lowest BCUT2D eigenvalue weighted by Gasteiger charge is -2.12. The Hall–Kier alpha value is -1.79. The van der Waals surface area contributed by atoms with E-state index in [1.165, 1.54) is 11.8 Å². The summed E-state index contributed by atoms with van der Waals surface area (Å²) in [6, 6.07) is 9.95. The molecule has 0 saturated heterocycles. The summed E-state index contributed by atoms with van der Waals surface area (Å²) in [6.07, 6.45) is 1.97. The van der Waals surface area contributed by atoms with Crippen LogP contribution < -0.4 is 10.6 Å². The van der Waals surface area contributed by atoms with Gasteiger partial charge in [-0.25, -0.2) is 9.97 Å². The predicted molar refractivity (Wildman–Crippen MR) is 88.4 cm³/mol. The Bertz CT molecular complexity index is 592. The summed E-state index contributed by atoms with van der Waals surface area (Å²) >= 11 is 1.52. The molecular formula is C15H20N4OS. The Morgan fingerprint density at radius 3 is 2.67 bits per heavy atom. The quantitative estimate of drug-likeness (QED) is 0.603. The SMILES string of the molecule is CCNc1cc(Nc2ccccc2COC)nc(SC)n1. The van der Waals surface area contributed by atoms with Gasteiger partial charge >= 0.3 is 0 Å². The van der Waals surface area contributed by atoms with Crippen LogP contribution >= 0.6 is 11.8 Å². The average molecular weight is 304 g/mol. The van der Waals surface area contributed by atoms with Crippen LogP contribution in [0.5, 0.6) is 0 Å². The van der Waals surface area contributed by atoms with Crippen LogP contribution in [-0.4, -0.2) is 29.9 Å². The molecule has 0 fully saturated rings. The second kappa shape index (κ2) is 7.85. The molecule has 0 aliphatic heterocycles. The maximum atomic E-state index is 5.22. The Morgan fingerprint density at radius 2 is 1.95 bits per heavy atom. The summed E-state index contributed by atoms with van der Waals surface area (Å²) in [5, 5.41) is 7.30. The fourth-order valence-electron chi connectivity index (χ4n) is 1.91. The highest BCUT2D eigenvalue weighted by Crippen LogP contribution is 2.23. The normalized spacial score (nSPS) is 10.4. The molecule has 2 rings (SSSR count). The highest BCUT2D eigenvalue weighted by molar-refractivity contribution is 7.98. The summed E-state index contributed by atoms with van der Waals surface area (Å²) in [4.78, 5) is 8.91. The van der Waals surface area contributed by atoms with E-state index < -0.39 is 0 Å². The summed E-state index contributed by atoms with van der Waals surface area (Å²) in [5.74, 6) is 1.59. The maximum Gasteiger partial charge on any atom is 0.191 e. The second-order valence-corrected chi connectivity index (χ2v) is 5.14. The molecule has 0 spiro atoms. The van der Waals surface area contributed by atoms with Gasteiger partial charge in [0.1, 0.15) is 11.6 Å².